The second-order valence-electron chi connectivity index (χ2n) is 8.72. The van der Waals surface area contributed by atoms with E-state index < -0.39 is 0 Å². The van der Waals surface area contributed by atoms with Gasteiger partial charge >= 0.3 is 0 Å². The van der Waals surface area contributed by atoms with Crippen LogP contribution in [-0.2, 0) is 0 Å². The van der Waals surface area contributed by atoms with Crippen LogP contribution in [0.2, 0.25) is 0 Å². The Balaban J connectivity index is 1.35. The van der Waals surface area contributed by atoms with Crippen LogP contribution in [0.4, 0.5) is 11.5 Å². The van der Waals surface area contributed by atoms with Crippen molar-refractivity contribution in [3.8, 4) is 17.0 Å². The number of nitrogens with two attached hydrogens (primary N) is 1. The lowest BCUT2D eigenvalue weighted by Gasteiger charge is -2.44. The minimum Gasteiger partial charge on any atom is -0.507 e. The number of benzene rings is 1. The molecule has 3 unspecified atom stereocenters. The third kappa shape index (κ3) is 3.65. The van der Waals surface area contributed by atoms with Gasteiger partial charge in [0.1, 0.15) is 5.75 Å². The second kappa shape index (κ2) is 7.80. The van der Waals surface area contributed by atoms with Crippen molar-refractivity contribution in [1.29, 1.82) is 0 Å². The maximum atomic E-state index is 10.2. The van der Waals surface area contributed by atoms with Crippen molar-refractivity contribution in [1.82, 2.24) is 20.4 Å². The zero-order valence-electron chi connectivity index (χ0n) is 16.8. The van der Waals surface area contributed by atoms with Crippen LogP contribution in [0, 0.1) is 5.92 Å². The van der Waals surface area contributed by atoms with Gasteiger partial charge < -0.3 is 21.1 Å². The van der Waals surface area contributed by atoms with E-state index in [1.54, 1.807) is 6.07 Å². The van der Waals surface area contributed by atoms with Crippen LogP contribution in [0.25, 0.3) is 11.3 Å². The number of hydrogen-bond acceptors (Lipinski definition) is 7. The first kappa shape index (κ1) is 18.6. The van der Waals surface area contributed by atoms with Crippen molar-refractivity contribution in [3.63, 3.8) is 0 Å². The maximum absolute atomic E-state index is 10.2. The van der Waals surface area contributed by atoms with Crippen LogP contribution in [0.3, 0.4) is 0 Å². The number of piperidine rings is 1. The summed E-state index contributed by atoms with van der Waals surface area (Å²) >= 11 is 0. The molecule has 3 aliphatic heterocycles. The molecule has 4 N–H and O–H groups in total. The molecule has 3 saturated heterocycles. The van der Waals surface area contributed by atoms with E-state index in [1.165, 1.54) is 38.8 Å². The Morgan fingerprint density at radius 3 is 2.62 bits per heavy atom. The molecule has 7 nitrogen and oxygen atoms in total. The Morgan fingerprint density at radius 1 is 1.10 bits per heavy atom. The zero-order chi connectivity index (χ0) is 19.8. The van der Waals surface area contributed by atoms with Crippen LogP contribution < -0.4 is 16.0 Å². The Hall–Kier alpha value is -2.38. The standard InChI is InChI=1S/C22H30N6O/c23-22-20(10-19(25-26-22)18-5-1-2-6-21(18)29)27-13-16-7-8-17(14-27)28(16)12-15-4-3-9-24-11-15/h1-2,5-6,10,15-17,24,29H,3-4,7-9,11-14H2,(H2,23,26). The molecule has 7 heteroatoms. The van der Waals surface area contributed by atoms with Gasteiger partial charge in [-0.05, 0) is 62.9 Å². The highest BCUT2D eigenvalue weighted by Crippen LogP contribution is 2.37. The van der Waals surface area contributed by atoms with Crippen LogP contribution in [-0.4, -0.2) is 65.0 Å². The fourth-order valence-corrected chi connectivity index (χ4v) is 5.33. The van der Waals surface area contributed by atoms with Gasteiger partial charge in [-0.2, -0.15) is 0 Å². The number of piperazine rings is 1. The average Bonchev–Trinajstić information content (AvgIpc) is 2.97. The molecule has 1 aromatic heterocycles. The smallest absolute Gasteiger partial charge is 0.169 e. The zero-order valence-corrected chi connectivity index (χ0v) is 16.8. The van der Waals surface area contributed by atoms with Gasteiger partial charge in [-0.3, -0.25) is 4.90 Å². The molecule has 154 valence electrons. The first-order valence-electron chi connectivity index (χ1n) is 10.8. The highest BCUT2D eigenvalue weighted by atomic mass is 16.3. The van der Waals surface area contributed by atoms with E-state index >= 15 is 0 Å². The summed E-state index contributed by atoms with van der Waals surface area (Å²) in [6.45, 7) is 5.50. The summed E-state index contributed by atoms with van der Waals surface area (Å²) in [6, 6.07) is 10.4. The monoisotopic (exact) mass is 394 g/mol. The topological polar surface area (TPSA) is 90.5 Å². The third-order valence-electron chi connectivity index (χ3n) is 6.82. The Bertz CT molecular complexity index is 854. The van der Waals surface area contributed by atoms with Crippen LogP contribution in [0.1, 0.15) is 25.7 Å². The number of para-hydroxylation sites is 1. The van der Waals surface area contributed by atoms with Gasteiger partial charge in [-0.15, -0.1) is 10.2 Å². The minimum atomic E-state index is 0.212. The molecule has 3 fully saturated rings. The molecule has 0 saturated carbocycles. The SMILES string of the molecule is Nc1nnc(-c2ccccc2O)cc1N1CC2CCC(C1)N2CC1CCCNC1. The van der Waals surface area contributed by atoms with Gasteiger partial charge in [0.15, 0.2) is 5.82 Å². The van der Waals surface area contributed by atoms with Gasteiger partial charge in [-0.25, -0.2) is 0 Å². The van der Waals surface area contributed by atoms with Gasteiger partial charge in [-0.1, -0.05) is 12.1 Å². The molecule has 2 bridgehead atoms. The first-order chi connectivity index (χ1) is 14.2. The normalized spacial score (nSPS) is 27.3. The largest absolute Gasteiger partial charge is 0.507 e. The first-order valence-corrected chi connectivity index (χ1v) is 10.8. The Morgan fingerprint density at radius 2 is 1.90 bits per heavy atom. The lowest BCUT2D eigenvalue weighted by molar-refractivity contribution is 0.132. The van der Waals surface area contributed by atoms with E-state index in [0.717, 1.165) is 31.2 Å². The predicted molar refractivity (Wildman–Crippen MR) is 115 cm³/mol. The molecule has 5 rings (SSSR count). The number of hydrogen-bond donors (Lipinski definition) is 3. The molecule has 29 heavy (non-hydrogen) atoms. The fraction of sp³-hybridized carbons (Fsp3) is 0.545. The molecule has 3 aliphatic rings. The van der Waals surface area contributed by atoms with Gasteiger partial charge in [0.05, 0.1) is 11.4 Å². The number of phenolic OH excluding ortho intramolecular Hbond substituents is 1. The number of phenols is 1. The summed E-state index contributed by atoms with van der Waals surface area (Å²) in [7, 11) is 0. The Labute approximate surface area is 171 Å². The summed E-state index contributed by atoms with van der Waals surface area (Å²) in [6.07, 6.45) is 5.16. The highest BCUT2D eigenvalue weighted by molar-refractivity contribution is 5.74. The molecular formula is C22H30N6O. The van der Waals surface area contributed by atoms with Crippen LogP contribution in [0.5, 0.6) is 5.75 Å². The van der Waals surface area contributed by atoms with E-state index in [9.17, 15) is 5.11 Å². The molecule has 3 atom stereocenters. The van der Waals surface area contributed by atoms with E-state index in [4.69, 9.17) is 5.73 Å². The van der Waals surface area contributed by atoms with Gasteiger partial charge in [0.25, 0.3) is 0 Å². The quantitative estimate of drug-likeness (QED) is 0.731. The molecule has 0 amide bonds. The summed E-state index contributed by atoms with van der Waals surface area (Å²) < 4.78 is 0. The summed E-state index contributed by atoms with van der Waals surface area (Å²) in [4.78, 5) is 5.13. The second-order valence-corrected chi connectivity index (χ2v) is 8.72. The number of anilines is 2. The predicted octanol–water partition coefficient (Wildman–Crippen LogP) is 2.08. The number of aromatic hydroxyl groups is 1. The average molecular weight is 395 g/mol. The van der Waals surface area contributed by atoms with Crippen LogP contribution in [0.15, 0.2) is 30.3 Å². The Kier molecular flexibility index (Phi) is 5.01. The molecule has 0 aliphatic carbocycles. The van der Waals surface area contributed by atoms with Crippen molar-refractivity contribution in [2.24, 2.45) is 5.92 Å². The number of nitrogens with zero attached hydrogens (tertiary/aromatic N) is 4. The van der Waals surface area contributed by atoms with Crippen molar-refractivity contribution in [2.45, 2.75) is 37.8 Å². The fourth-order valence-electron chi connectivity index (χ4n) is 5.33. The molecule has 0 radical (unpaired) electrons. The van der Waals surface area contributed by atoms with Crippen molar-refractivity contribution >= 4 is 11.5 Å². The van der Waals surface area contributed by atoms with Crippen molar-refractivity contribution < 1.29 is 5.11 Å². The lowest BCUT2D eigenvalue weighted by Crippen LogP contribution is -2.56. The van der Waals surface area contributed by atoms with E-state index in [0.29, 0.717) is 29.2 Å². The number of aromatic nitrogens is 2. The van der Waals surface area contributed by atoms with E-state index in [1.807, 2.05) is 24.3 Å². The molecule has 1 aromatic carbocycles. The van der Waals surface area contributed by atoms with Crippen molar-refractivity contribution in [3.05, 3.63) is 30.3 Å². The van der Waals surface area contributed by atoms with Crippen LogP contribution >= 0.6 is 0 Å². The number of rotatable bonds is 4. The summed E-state index contributed by atoms with van der Waals surface area (Å²) in [5.74, 6) is 1.45. The number of nitrogen functional groups attached to an aromatic ring is 1. The third-order valence-corrected chi connectivity index (χ3v) is 6.82. The van der Waals surface area contributed by atoms with Gasteiger partial charge in [0, 0.05) is 37.3 Å². The lowest BCUT2D eigenvalue weighted by atomic mass is 9.97. The van der Waals surface area contributed by atoms with Crippen molar-refractivity contribution in [2.75, 3.05) is 43.4 Å². The molecule has 4 heterocycles. The number of nitrogens with one attached hydrogen (secondary N) is 1. The van der Waals surface area contributed by atoms with E-state index in [2.05, 4.69) is 25.3 Å². The minimum absolute atomic E-state index is 0.212. The molecule has 2 aromatic rings. The highest BCUT2D eigenvalue weighted by Gasteiger charge is 2.41. The van der Waals surface area contributed by atoms with Gasteiger partial charge in [0.2, 0.25) is 0 Å². The molecule has 0 spiro atoms. The molecular weight excluding hydrogens is 364 g/mol. The number of fused-ring (bicyclic) bond motifs is 2. The summed E-state index contributed by atoms with van der Waals surface area (Å²) in [5, 5.41) is 22.2. The summed E-state index contributed by atoms with van der Waals surface area (Å²) in [5.41, 5.74) is 8.52. The van der Waals surface area contributed by atoms with E-state index in [-0.39, 0.29) is 5.75 Å². The maximum Gasteiger partial charge on any atom is 0.169 e.